The first-order chi connectivity index (χ1) is 9.54. The van der Waals surface area contributed by atoms with Crippen molar-refractivity contribution in [3.63, 3.8) is 0 Å². The van der Waals surface area contributed by atoms with E-state index in [-0.39, 0.29) is 11.8 Å². The fourth-order valence-electron chi connectivity index (χ4n) is 2.47. The minimum absolute atomic E-state index is 0.0503. The molecule has 0 aliphatic carbocycles. The number of aliphatic hydroxyl groups excluding tert-OH is 1. The first-order valence-corrected chi connectivity index (χ1v) is 6.43. The van der Waals surface area contributed by atoms with Gasteiger partial charge in [0.15, 0.2) is 0 Å². The molecule has 1 N–H and O–H groups in total. The largest absolute Gasteiger partial charge is 0.501 e. The number of aliphatic hydroxyl groups is 1. The molecule has 2 aliphatic rings. The van der Waals surface area contributed by atoms with E-state index in [1.807, 2.05) is 0 Å². The number of carbonyl (C=O) groups excluding carboxylic acids is 2. The highest BCUT2D eigenvalue weighted by molar-refractivity contribution is 6.03. The van der Waals surface area contributed by atoms with E-state index >= 15 is 0 Å². The van der Waals surface area contributed by atoms with Crippen LogP contribution in [0.2, 0.25) is 0 Å². The van der Waals surface area contributed by atoms with E-state index in [1.165, 1.54) is 4.90 Å². The molecule has 0 radical (unpaired) electrons. The van der Waals surface area contributed by atoms with Crippen LogP contribution in [0.15, 0.2) is 36.0 Å². The van der Waals surface area contributed by atoms with Gasteiger partial charge in [0.05, 0.1) is 5.69 Å². The third kappa shape index (κ3) is 1.68. The smallest absolute Gasteiger partial charge is 0.252 e. The van der Waals surface area contributed by atoms with Crippen LogP contribution in [-0.4, -0.2) is 33.2 Å². The predicted octanol–water partition coefficient (Wildman–Crippen LogP) is 1.25. The summed E-state index contributed by atoms with van der Waals surface area (Å²) >= 11 is 0. The van der Waals surface area contributed by atoms with E-state index in [2.05, 4.69) is 4.98 Å². The van der Waals surface area contributed by atoms with Gasteiger partial charge in [-0.05, 0) is 25.5 Å². The fourth-order valence-corrected chi connectivity index (χ4v) is 2.47. The molecular weight excluding hydrogens is 260 g/mol. The van der Waals surface area contributed by atoms with Gasteiger partial charge in [0.2, 0.25) is 23.2 Å². The number of ketones is 1. The standard InChI is InChI=1S/C14H14N2O4/c1-14(9-5-2-3-7-15-9)12(19)11(18)13(20-14)16-8-4-6-10(16)17/h2-3,5,7,18H,4,6,8H2,1H3. The molecule has 20 heavy (non-hydrogen) atoms. The van der Waals surface area contributed by atoms with E-state index in [0.717, 1.165) is 0 Å². The van der Waals surface area contributed by atoms with Crippen molar-refractivity contribution in [2.24, 2.45) is 0 Å². The van der Waals surface area contributed by atoms with E-state index < -0.39 is 17.1 Å². The highest BCUT2D eigenvalue weighted by atomic mass is 16.5. The van der Waals surface area contributed by atoms with Crippen molar-refractivity contribution in [3.05, 3.63) is 41.7 Å². The quantitative estimate of drug-likeness (QED) is 0.877. The Morgan fingerprint density at radius 2 is 2.20 bits per heavy atom. The molecule has 1 aromatic rings. The van der Waals surface area contributed by atoms with Gasteiger partial charge >= 0.3 is 0 Å². The van der Waals surface area contributed by atoms with Crippen LogP contribution in [0.3, 0.4) is 0 Å². The lowest BCUT2D eigenvalue weighted by molar-refractivity contribution is -0.137. The molecule has 0 bridgehead atoms. The van der Waals surface area contributed by atoms with Gasteiger partial charge < -0.3 is 9.84 Å². The normalized spacial score (nSPS) is 26.4. The number of carbonyl (C=O) groups is 2. The SMILES string of the molecule is CC1(c2ccccn2)OC(N2CCCC2=O)=C(O)C1=O. The van der Waals surface area contributed by atoms with E-state index in [0.29, 0.717) is 25.1 Å². The molecule has 2 aliphatic heterocycles. The van der Waals surface area contributed by atoms with Gasteiger partial charge in [-0.15, -0.1) is 0 Å². The zero-order chi connectivity index (χ0) is 14.3. The van der Waals surface area contributed by atoms with Crippen molar-refractivity contribution < 1.29 is 19.4 Å². The highest BCUT2D eigenvalue weighted by Crippen LogP contribution is 2.39. The van der Waals surface area contributed by atoms with Crippen molar-refractivity contribution in [3.8, 4) is 0 Å². The zero-order valence-electron chi connectivity index (χ0n) is 11.0. The van der Waals surface area contributed by atoms with Crippen LogP contribution >= 0.6 is 0 Å². The molecule has 1 aromatic heterocycles. The predicted molar refractivity (Wildman–Crippen MR) is 68.3 cm³/mol. The molecule has 0 spiro atoms. The monoisotopic (exact) mass is 274 g/mol. The van der Waals surface area contributed by atoms with E-state index in [1.54, 1.807) is 31.3 Å². The number of aromatic nitrogens is 1. The van der Waals surface area contributed by atoms with Crippen molar-refractivity contribution >= 4 is 11.7 Å². The van der Waals surface area contributed by atoms with E-state index in [9.17, 15) is 14.7 Å². The molecule has 104 valence electrons. The maximum atomic E-state index is 12.3. The maximum absolute atomic E-state index is 12.3. The number of Topliss-reactive ketones (excluding diaryl/α,β-unsaturated/α-hetero) is 1. The summed E-state index contributed by atoms with van der Waals surface area (Å²) in [5.74, 6) is -1.28. The second-order valence-electron chi connectivity index (χ2n) is 4.98. The first kappa shape index (κ1) is 12.7. The van der Waals surface area contributed by atoms with Gasteiger partial charge in [-0.2, -0.15) is 0 Å². The average Bonchev–Trinajstić information content (AvgIpc) is 2.98. The Labute approximate surface area is 115 Å². The number of ether oxygens (including phenoxy) is 1. The Bertz CT molecular complexity index is 611. The number of amides is 1. The molecule has 0 saturated carbocycles. The summed E-state index contributed by atoms with van der Waals surface area (Å²) in [6.45, 7) is 1.99. The van der Waals surface area contributed by atoms with Crippen LogP contribution in [0.4, 0.5) is 0 Å². The molecule has 1 atom stereocenters. The van der Waals surface area contributed by atoms with Crippen LogP contribution in [0.5, 0.6) is 0 Å². The maximum Gasteiger partial charge on any atom is 0.252 e. The van der Waals surface area contributed by atoms with Gasteiger partial charge in [0.25, 0.3) is 5.78 Å². The molecule has 1 fully saturated rings. The van der Waals surface area contributed by atoms with Gasteiger partial charge in [-0.25, -0.2) is 0 Å². The van der Waals surface area contributed by atoms with Crippen LogP contribution in [0.25, 0.3) is 0 Å². The number of pyridine rings is 1. The Morgan fingerprint density at radius 1 is 1.40 bits per heavy atom. The second-order valence-corrected chi connectivity index (χ2v) is 4.98. The Kier molecular flexibility index (Phi) is 2.74. The molecular formula is C14H14N2O4. The van der Waals surface area contributed by atoms with Crippen molar-refractivity contribution in [1.29, 1.82) is 0 Å². The third-order valence-corrected chi connectivity index (χ3v) is 3.62. The van der Waals surface area contributed by atoms with Gasteiger partial charge in [0, 0.05) is 19.2 Å². The Hall–Kier alpha value is -2.37. The van der Waals surface area contributed by atoms with Crippen LogP contribution in [0.1, 0.15) is 25.5 Å². The van der Waals surface area contributed by atoms with Crippen molar-refractivity contribution in [2.75, 3.05) is 6.54 Å². The molecule has 3 heterocycles. The summed E-state index contributed by atoms with van der Waals surface area (Å²) in [4.78, 5) is 29.5. The van der Waals surface area contributed by atoms with Crippen LogP contribution < -0.4 is 0 Å². The summed E-state index contributed by atoms with van der Waals surface area (Å²) in [6, 6.07) is 5.12. The summed E-state index contributed by atoms with van der Waals surface area (Å²) in [7, 11) is 0. The average molecular weight is 274 g/mol. The molecule has 1 unspecified atom stereocenters. The number of hydrogen-bond donors (Lipinski definition) is 1. The van der Waals surface area contributed by atoms with Crippen LogP contribution in [0, 0.1) is 0 Å². The van der Waals surface area contributed by atoms with Crippen molar-refractivity contribution in [2.45, 2.75) is 25.4 Å². The van der Waals surface area contributed by atoms with Gasteiger partial charge in [-0.1, -0.05) is 6.07 Å². The minimum Gasteiger partial charge on any atom is -0.501 e. The summed E-state index contributed by atoms with van der Waals surface area (Å²) in [5.41, 5.74) is -0.984. The molecule has 1 amide bonds. The first-order valence-electron chi connectivity index (χ1n) is 6.43. The fraction of sp³-hybridized carbons (Fsp3) is 0.357. The summed E-state index contributed by atoms with van der Waals surface area (Å²) in [5, 5.41) is 10.0. The molecule has 6 heteroatoms. The van der Waals surface area contributed by atoms with E-state index in [4.69, 9.17) is 4.74 Å². The number of hydrogen-bond acceptors (Lipinski definition) is 5. The minimum atomic E-state index is -1.39. The molecule has 1 saturated heterocycles. The number of rotatable bonds is 2. The lowest BCUT2D eigenvalue weighted by Crippen LogP contribution is -2.33. The summed E-state index contributed by atoms with van der Waals surface area (Å²) < 4.78 is 5.64. The van der Waals surface area contributed by atoms with Gasteiger partial charge in [-0.3, -0.25) is 19.5 Å². The number of nitrogens with zero attached hydrogens (tertiary/aromatic N) is 2. The topological polar surface area (TPSA) is 79.7 Å². The molecule has 3 rings (SSSR count). The molecule has 6 nitrogen and oxygen atoms in total. The van der Waals surface area contributed by atoms with Gasteiger partial charge in [0.1, 0.15) is 0 Å². The lowest BCUT2D eigenvalue weighted by atomic mass is 9.96. The Balaban J connectivity index is 1.97. The highest BCUT2D eigenvalue weighted by Gasteiger charge is 2.51. The number of likely N-dealkylation sites (tertiary alicyclic amines) is 1. The summed E-state index contributed by atoms with van der Waals surface area (Å²) in [6.07, 6.45) is 2.63. The van der Waals surface area contributed by atoms with Crippen molar-refractivity contribution in [1.82, 2.24) is 9.88 Å². The lowest BCUT2D eigenvalue weighted by Gasteiger charge is -2.24. The van der Waals surface area contributed by atoms with Crippen LogP contribution in [-0.2, 0) is 19.9 Å². The second kappa shape index (κ2) is 4.33. The third-order valence-electron chi connectivity index (χ3n) is 3.62. The zero-order valence-corrected chi connectivity index (χ0v) is 11.0. The molecule has 0 aromatic carbocycles. The Morgan fingerprint density at radius 3 is 2.80 bits per heavy atom.